The molecule has 8 heteroatoms. The number of hydrogen-bond donors (Lipinski definition) is 1. The number of aromatic carboxylic acids is 1. The molecule has 0 unspecified atom stereocenters. The van der Waals surface area contributed by atoms with Gasteiger partial charge in [-0.2, -0.15) is 5.10 Å². The second-order valence-electron chi connectivity index (χ2n) is 3.92. The van der Waals surface area contributed by atoms with Crippen molar-refractivity contribution in [2.45, 2.75) is 12.9 Å². The first-order valence-corrected chi connectivity index (χ1v) is 5.44. The topological polar surface area (TPSA) is 64.3 Å². The molecule has 0 aliphatic heterocycles. The molecule has 0 saturated heterocycles. The maximum absolute atomic E-state index is 12.0. The highest BCUT2D eigenvalue weighted by Crippen LogP contribution is 2.22. The van der Waals surface area contributed by atoms with E-state index in [1.54, 1.807) is 0 Å². The summed E-state index contributed by atoms with van der Waals surface area (Å²) in [4.78, 5) is 10.7. The van der Waals surface area contributed by atoms with Crippen LogP contribution < -0.4 is 4.74 Å². The standard InChI is InChI=1S/C12H9F3N2O3/c13-12(14,15)20-10-3-1-8(2-4-10)6-17-7-9(5-16-17)11(18)19/h1-5,7H,6H2,(H,18,19). The first-order chi connectivity index (χ1) is 9.33. The maximum Gasteiger partial charge on any atom is 0.573 e. The highest BCUT2D eigenvalue weighted by Gasteiger charge is 2.30. The molecular weight excluding hydrogens is 277 g/mol. The van der Waals surface area contributed by atoms with Crippen molar-refractivity contribution in [2.75, 3.05) is 0 Å². The molecule has 0 aliphatic carbocycles. The summed E-state index contributed by atoms with van der Waals surface area (Å²) >= 11 is 0. The van der Waals surface area contributed by atoms with E-state index in [2.05, 4.69) is 9.84 Å². The number of halogens is 3. The molecule has 1 heterocycles. The maximum atomic E-state index is 12.0. The normalized spacial score (nSPS) is 11.3. The molecule has 2 rings (SSSR count). The quantitative estimate of drug-likeness (QED) is 0.938. The molecule has 1 aromatic heterocycles. The summed E-state index contributed by atoms with van der Waals surface area (Å²) in [5, 5.41) is 12.6. The molecule has 0 fully saturated rings. The van der Waals surface area contributed by atoms with E-state index in [4.69, 9.17) is 5.11 Å². The zero-order chi connectivity index (χ0) is 14.8. The zero-order valence-electron chi connectivity index (χ0n) is 9.96. The number of carboxylic acid groups (broad SMARTS) is 1. The van der Waals surface area contributed by atoms with Gasteiger partial charge < -0.3 is 9.84 Å². The summed E-state index contributed by atoms with van der Waals surface area (Å²) in [5.74, 6) is -1.40. The zero-order valence-corrected chi connectivity index (χ0v) is 9.96. The van der Waals surface area contributed by atoms with Gasteiger partial charge in [-0.15, -0.1) is 13.2 Å². The van der Waals surface area contributed by atoms with Gasteiger partial charge >= 0.3 is 12.3 Å². The Hall–Kier alpha value is -2.51. The second-order valence-corrected chi connectivity index (χ2v) is 3.92. The number of ether oxygens (including phenoxy) is 1. The number of carboxylic acids is 1. The first-order valence-electron chi connectivity index (χ1n) is 5.44. The number of benzene rings is 1. The van der Waals surface area contributed by atoms with Crippen LogP contribution in [0.2, 0.25) is 0 Å². The van der Waals surface area contributed by atoms with Crippen LogP contribution in [0.5, 0.6) is 5.75 Å². The van der Waals surface area contributed by atoms with E-state index in [-0.39, 0.29) is 17.9 Å². The van der Waals surface area contributed by atoms with Crippen molar-refractivity contribution in [1.29, 1.82) is 0 Å². The van der Waals surface area contributed by atoms with Crippen LogP contribution in [-0.2, 0) is 6.54 Å². The Morgan fingerprint density at radius 2 is 1.95 bits per heavy atom. The summed E-state index contributed by atoms with van der Waals surface area (Å²) in [6, 6.07) is 5.27. The Morgan fingerprint density at radius 3 is 2.45 bits per heavy atom. The van der Waals surface area contributed by atoms with Crippen LogP contribution >= 0.6 is 0 Å². The van der Waals surface area contributed by atoms with E-state index >= 15 is 0 Å². The van der Waals surface area contributed by atoms with Crippen LogP contribution in [0.25, 0.3) is 0 Å². The average Bonchev–Trinajstić information content (AvgIpc) is 2.78. The van der Waals surface area contributed by atoms with E-state index < -0.39 is 12.3 Å². The minimum atomic E-state index is -4.72. The highest BCUT2D eigenvalue weighted by molar-refractivity contribution is 5.86. The van der Waals surface area contributed by atoms with Gasteiger partial charge in [0.05, 0.1) is 18.3 Å². The molecule has 0 bridgehead atoms. The number of hydrogen-bond acceptors (Lipinski definition) is 3. The third-order valence-electron chi connectivity index (χ3n) is 2.38. The van der Waals surface area contributed by atoms with E-state index in [9.17, 15) is 18.0 Å². The fourth-order valence-corrected chi connectivity index (χ4v) is 1.54. The monoisotopic (exact) mass is 286 g/mol. The molecule has 1 aromatic carbocycles. The number of carbonyl (C=O) groups is 1. The fourth-order valence-electron chi connectivity index (χ4n) is 1.54. The van der Waals surface area contributed by atoms with Gasteiger partial charge in [0, 0.05) is 6.20 Å². The molecule has 0 spiro atoms. The molecule has 2 aromatic rings. The minimum absolute atomic E-state index is 0.0435. The van der Waals surface area contributed by atoms with Crippen LogP contribution in [0.1, 0.15) is 15.9 Å². The van der Waals surface area contributed by atoms with Crippen LogP contribution in [0.15, 0.2) is 36.7 Å². The van der Waals surface area contributed by atoms with Crippen LogP contribution in [0.4, 0.5) is 13.2 Å². The van der Waals surface area contributed by atoms with E-state index in [0.29, 0.717) is 5.56 Å². The van der Waals surface area contributed by atoms with Crippen molar-refractivity contribution < 1.29 is 27.8 Å². The summed E-state index contributed by atoms with van der Waals surface area (Å²) in [5.41, 5.74) is 0.710. The van der Waals surface area contributed by atoms with Crippen LogP contribution in [-0.4, -0.2) is 27.2 Å². The third kappa shape index (κ3) is 3.74. The summed E-state index contributed by atoms with van der Waals surface area (Å²) in [6.07, 6.45) is -2.19. The summed E-state index contributed by atoms with van der Waals surface area (Å²) < 4.78 is 41.0. The molecule has 0 amide bonds. The molecule has 0 radical (unpaired) electrons. The van der Waals surface area contributed by atoms with E-state index in [1.807, 2.05) is 0 Å². The van der Waals surface area contributed by atoms with Gasteiger partial charge in [0.2, 0.25) is 0 Å². The van der Waals surface area contributed by atoms with Gasteiger partial charge in [-0.25, -0.2) is 4.79 Å². The van der Waals surface area contributed by atoms with Crippen molar-refractivity contribution in [3.63, 3.8) is 0 Å². The van der Waals surface area contributed by atoms with Crippen molar-refractivity contribution >= 4 is 5.97 Å². The van der Waals surface area contributed by atoms with Gasteiger partial charge in [0.1, 0.15) is 5.75 Å². The van der Waals surface area contributed by atoms with Crippen molar-refractivity contribution in [1.82, 2.24) is 9.78 Å². The molecule has 0 atom stereocenters. The van der Waals surface area contributed by atoms with Gasteiger partial charge in [-0.3, -0.25) is 4.68 Å². The SMILES string of the molecule is O=C(O)c1cnn(Cc2ccc(OC(F)(F)F)cc2)c1. The van der Waals surface area contributed by atoms with Gasteiger partial charge in [0.25, 0.3) is 0 Å². The number of alkyl halides is 3. The molecule has 1 N–H and O–H groups in total. The summed E-state index contributed by atoms with van der Waals surface area (Å²) in [6.45, 7) is 0.250. The smallest absolute Gasteiger partial charge is 0.478 e. The summed E-state index contributed by atoms with van der Waals surface area (Å²) in [7, 11) is 0. The molecule has 20 heavy (non-hydrogen) atoms. The Labute approximate surface area is 111 Å². The highest BCUT2D eigenvalue weighted by atomic mass is 19.4. The van der Waals surface area contributed by atoms with Crippen molar-refractivity contribution in [2.24, 2.45) is 0 Å². The lowest BCUT2D eigenvalue weighted by atomic mass is 10.2. The average molecular weight is 286 g/mol. The number of nitrogens with zero attached hydrogens (tertiary/aromatic N) is 2. The van der Waals surface area contributed by atoms with E-state index in [1.165, 1.54) is 41.3 Å². The Morgan fingerprint density at radius 1 is 1.30 bits per heavy atom. The number of aromatic nitrogens is 2. The van der Waals surface area contributed by atoms with Crippen LogP contribution in [0.3, 0.4) is 0 Å². The Balaban J connectivity index is 2.04. The predicted molar refractivity (Wildman–Crippen MR) is 61.4 cm³/mol. The largest absolute Gasteiger partial charge is 0.573 e. The molecular formula is C12H9F3N2O3. The first kappa shape index (κ1) is 13.9. The predicted octanol–water partition coefficient (Wildman–Crippen LogP) is 2.53. The van der Waals surface area contributed by atoms with Gasteiger partial charge in [-0.1, -0.05) is 12.1 Å². The number of rotatable bonds is 4. The molecule has 0 aliphatic rings. The molecule has 0 saturated carbocycles. The second kappa shape index (κ2) is 5.24. The lowest BCUT2D eigenvalue weighted by Gasteiger charge is -2.09. The van der Waals surface area contributed by atoms with Gasteiger partial charge in [0.15, 0.2) is 0 Å². The lowest BCUT2D eigenvalue weighted by Crippen LogP contribution is -2.17. The Kier molecular flexibility index (Phi) is 3.64. The third-order valence-corrected chi connectivity index (χ3v) is 2.38. The van der Waals surface area contributed by atoms with Crippen LogP contribution in [0, 0.1) is 0 Å². The minimum Gasteiger partial charge on any atom is -0.478 e. The van der Waals surface area contributed by atoms with Gasteiger partial charge in [-0.05, 0) is 17.7 Å². The fraction of sp³-hybridized carbons (Fsp3) is 0.167. The Bertz CT molecular complexity index is 605. The van der Waals surface area contributed by atoms with E-state index in [0.717, 1.165) is 0 Å². The molecule has 106 valence electrons. The lowest BCUT2D eigenvalue weighted by molar-refractivity contribution is -0.274. The van der Waals surface area contributed by atoms with Crippen molar-refractivity contribution in [3.05, 3.63) is 47.8 Å². The van der Waals surface area contributed by atoms with Crippen molar-refractivity contribution in [3.8, 4) is 5.75 Å². The molecule has 5 nitrogen and oxygen atoms in total.